The van der Waals surface area contributed by atoms with Crippen molar-refractivity contribution in [1.29, 1.82) is 0 Å². The lowest BCUT2D eigenvalue weighted by Gasteiger charge is -2.28. The number of alkyl halides is 2. The molecule has 1 aromatic rings. The van der Waals surface area contributed by atoms with Crippen LogP contribution in [0.1, 0.15) is 30.9 Å². The smallest absolute Gasteiger partial charge is 0.248 e. The Bertz CT molecular complexity index is 297. The summed E-state index contributed by atoms with van der Waals surface area (Å²) in [4.78, 5) is 4.10. The zero-order valence-corrected chi connectivity index (χ0v) is 7.79. The summed E-state index contributed by atoms with van der Waals surface area (Å²) in [6, 6.07) is 5.44. The molecule has 2 rings (SSSR count). The molecule has 1 aromatic heterocycles. The Hall–Kier alpha value is -0.990. The number of hydrogen-bond acceptors (Lipinski definition) is 1. The highest BCUT2D eigenvalue weighted by Crippen LogP contribution is 2.40. The summed E-state index contributed by atoms with van der Waals surface area (Å²) >= 11 is 0. The molecule has 0 amide bonds. The third-order valence-corrected chi connectivity index (χ3v) is 2.55. The fraction of sp³-hybridized carbons (Fsp3) is 0.455. The average molecular weight is 196 g/mol. The lowest BCUT2D eigenvalue weighted by atomic mass is 9.84. The van der Waals surface area contributed by atoms with Gasteiger partial charge in [0, 0.05) is 30.7 Å². The van der Waals surface area contributed by atoms with Crippen molar-refractivity contribution >= 4 is 0 Å². The van der Waals surface area contributed by atoms with Crippen LogP contribution in [0.25, 0.3) is 0 Å². The molecule has 0 aromatic carbocycles. The minimum absolute atomic E-state index is 0.0175. The molecule has 1 aliphatic rings. The maximum Gasteiger partial charge on any atom is 0.248 e. The SMILES string of the molecule is FC1(F)CC[CH]C(c2ccccn2)C1. The topological polar surface area (TPSA) is 12.9 Å². The van der Waals surface area contributed by atoms with Gasteiger partial charge in [-0.1, -0.05) is 6.07 Å². The molecule has 1 atom stereocenters. The number of pyridine rings is 1. The molecule has 1 heterocycles. The first-order valence-electron chi connectivity index (χ1n) is 4.79. The minimum atomic E-state index is -2.52. The summed E-state index contributed by atoms with van der Waals surface area (Å²) in [6.07, 6.45) is 3.96. The van der Waals surface area contributed by atoms with Crippen LogP contribution in [-0.4, -0.2) is 10.9 Å². The van der Waals surface area contributed by atoms with Crippen molar-refractivity contribution in [2.24, 2.45) is 0 Å². The van der Waals surface area contributed by atoms with Gasteiger partial charge in [0.25, 0.3) is 0 Å². The van der Waals surface area contributed by atoms with Crippen LogP contribution >= 0.6 is 0 Å². The number of halogens is 2. The molecule has 3 heteroatoms. The molecule has 1 radical (unpaired) electrons. The molecule has 1 saturated carbocycles. The van der Waals surface area contributed by atoms with Crippen molar-refractivity contribution in [2.45, 2.75) is 31.1 Å². The van der Waals surface area contributed by atoms with Gasteiger partial charge in [0.05, 0.1) is 0 Å². The van der Waals surface area contributed by atoms with Crippen molar-refractivity contribution in [1.82, 2.24) is 4.98 Å². The van der Waals surface area contributed by atoms with Crippen LogP contribution in [0.4, 0.5) is 8.78 Å². The van der Waals surface area contributed by atoms with Gasteiger partial charge in [0.2, 0.25) is 5.92 Å². The van der Waals surface area contributed by atoms with Gasteiger partial charge in [0.1, 0.15) is 0 Å². The van der Waals surface area contributed by atoms with E-state index in [9.17, 15) is 8.78 Å². The molecule has 0 N–H and O–H groups in total. The highest BCUT2D eigenvalue weighted by atomic mass is 19.3. The van der Waals surface area contributed by atoms with Crippen LogP contribution in [-0.2, 0) is 0 Å². The van der Waals surface area contributed by atoms with Crippen molar-refractivity contribution in [3.63, 3.8) is 0 Å². The fourth-order valence-electron chi connectivity index (χ4n) is 1.82. The summed E-state index contributed by atoms with van der Waals surface area (Å²) in [6.45, 7) is 0. The molecule has 14 heavy (non-hydrogen) atoms. The van der Waals surface area contributed by atoms with Crippen LogP contribution in [0.15, 0.2) is 24.4 Å². The summed E-state index contributed by atoms with van der Waals surface area (Å²) in [5.41, 5.74) is 0.756. The summed E-state index contributed by atoms with van der Waals surface area (Å²) in [5.74, 6) is -2.70. The van der Waals surface area contributed by atoms with Crippen molar-refractivity contribution in [3.05, 3.63) is 36.5 Å². The number of nitrogens with zero attached hydrogens (tertiary/aromatic N) is 1. The second-order valence-electron chi connectivity index (χ2n) is 3.70. The Morgan fingerprint density at radius 3 is 2.86 bits per heavy atom. The Labute approximate surface area is 82.2 Å². The normalized spacial score (nSPS) is 26.0. The molecule has 1 aliphatic carbocycles. The molecule has 1 fully saturated rings. The van der Waals surface area contributed by atoms with Gasteiger partial charge in [0.15, 0.2) is 0 Å². The third-order valence-electron chi connectivity index (χ3n) is 2.55. The van der Waals surface area contributed by atoms with Crippen LogP contribution in [0.2, 0.25) is 0 Å². The van der Waals surface area contributed by atoms with E-state index in [1.165, 1.54) is 0 Å². The molecule has 75 valence electrons. The van der Waals surface area contributed by atoms with E-state index >= 15 is 0 Å². The number of aromatic nitrogens is 1. The van der Waals surface area contributed by atoms with E-state index in [4.69, 9.17) is 0 Å². The predicted molar refractivity (Wildman–Crippen MR) is 50.1 cm³/mol. The van der Waals surface area contributed by atoms with Gasteiger partial charge in [-0.25, -0.2) is 8.78 Å². The van der Waals surface area contributed by atoms with Gasteiger partial charge in [-0.15, -0.1) is 0 Å². The van der Waals surface area contributed by atoms with Crippen molar-refractivity contribution in [2.75, 3.05) is 0 Å². The zero-order valence-electron chi connectivity index (χ0n) is 7.79. The van der Waals surface area contributed by atoms with E-state index in [1.807, 2.05) is 18.6 Å². The highest BCUT2D eigenvalue weighted by Gasteiger charge is 2.37. The quantitative estimate of drug-likeness (QED) is 0.672. The molecule has 0 bridgehead atoms. The Morgan fingerprint density at radius 2 is 2.21 bits per heavy atom. The zero-order chi connectivity index (χ0) is 10.0. The first-order chi connectivity index (χ1) is 6.67. The maximum absolute atomic E-state index is 13.1. The Balaban J connectivity index is 2.12. The van der Waals surface area contributed by atoms with Crippen molar-refractivity contribution < 1.29 is 8.78 Å². The molecule has 0 saturated heterocycles. The largest absolute Gasteiger partial charge is 0.261 e. The van der Waals surface area contributed by atoms with Crippen LogP contribution in [0, 0.1) is 6.42 Å². The second kappa shape index (κ2) is 3.64. The molecule has 1 unspecified atom stereocenters. The Morgan fingerprint density at radius 1 is 1.36 bits per heavy atom. The summed E-state index contributed by atoms with van der Waals surface area (Å²) < 4.78 is 26.2. The predicted octanol–water partition coefficient (Wildman–Crippen LogP) is 3.19. The van der Waals surface area contributed by atoms with E-state index in [0.717, 1.165) is 5.69 Å². The summed E-state index contributed by atoms with van der Waals surface area (Å²) in [7, 11) is 0. The van der Waals surface area contributed by atoms with E-state index in [1.54, 1.807) is 12.3 Å². The number of rotatable bonds is 1. The minimum Gasteiger partial charge on any atom is -0.261 e. The van der Waals surface area contributed by atoms with Gasteiger partial charge < -0.3 is 0 Å². The average Bonchev–Trinajstić information content (AvgIpc) is 2.18. The standard InChI is InChI=1S/C11H12F2N/c12-11(13)6-3-4-9(8-11)10-5-1-2-7-14-10/h1-2,4-5,7,9H,3,6,8H2. The molecule has 0 aliphatic heterocycles. The van der Waals surface area contributed by atoms with Gasteiger partial charge in [-0.05, 0) is 25.0 Å². The molecular formula is C11H12F2N. The monoisotopic (exact) mass is 196 g/mol. The first kappa shape index (κ1) is 9.56. The summed E-state index contributed by atoms with van der Waals surface area (Å²) in [5, 5.41) is 0. The number of hydrogen-bond donors (Lipinski definition) is 0. The fourth-order valence-corrected chi connectivity index (χ4v) is 1.82. The maximum atomic E-state index is 13.1. The van der Waals surface area contributed by atoms with Crippen LogP contribution < -0.4 is 0 Å². The highest BCUT2D eigenvalue weighted by molar-refractivity contribution is 5.15. The lowest BCUT2D eigenvalue weighted by molar-refractivity contribution is -0.0315. The van der Waals surface area contributed by atoms with E-state index in [0.29, 0.717) is 6.42 Å². The van der Waals surface area contributed by atoms with E-state index in [2.05, 4.69) is 4.98 Å². The third kappa shape index (κ3) is 2.08. The second-order valence-corrected chi connectivity index (χ2v) is 3.70. The van der Waals surface area contributed by atoms with E-state index < -0.39 is 5.92 Å². The van der Waals surface area contributed by atoms with Gasteiger partial charge in [-0.2, -0.15) is 0 Å². The van der Waals surface area contributed by atoms with Crippen LogP contribution in [0.3, 0.4) is 0 Å². The van der Waals surface area contributed by atoms with E-state index in [-0.39, 0.29) is 18.8 Å². The molecular weight excluding hydrogens is 184 g/mol. The Kier molecular flexibility index (Phi) is 2.48. The van der Waals surface area contributed by atoms with Crippen LogP contribution in [0.5, 0.6) is 0 Å². The van der Waals surface area contributed by atoms with Gasteiger partial charge in [-0.3, -0.25) is 4.98 Å². The molecule has 1 nitrogen and oxygen atoms in total. The lowest BCUT2D eigenvalue weighted by Crippen LogP contribution is -2.25. The molecule has 0 spiro atoms. The van der Waals surface area contributed by atoms with Gasteiger partial charge >= 0.3 is 0 Å². The van der Waals surface area contributed by atoms with Crippen molar-refractivity contribution in [3.8, 4) is 0 Å². The first-order valence-corrected chi connectivity index (χ1v) is 4.79.